The quantitative estimate of drug-likeness (QED) is 0.427. The van der Waals surface area contributed by atoms with Gasteiger partial charge in [0, 0.05) is 28.7 Å². The van der Waals surface area contributed by atoms with Crippen LogP contribution in [0.2, 0.25) is 0 Å². The molecule has 156 valence electrons. The van der Waals surface area contributed by atoms with E-state index < -0.39 is 6.04 Å². The van der Waals surface area contributed by atoms with Crippen molar-refractivity contribution in [3.63, 3.8) is 0 Å². The molecule has 31 heavy (non-hydrogen) atoms. The third-order valence-electron chi connectivity index (χ3n) is 5.73. The van der Waals surface area contributed by atoms with E-state index >= 15 is 0 Å². The summed E-state index contributed by atoms with van der Waals surface area (Å²) in [5.41, 5.74) is 3.61. The first-order valence-electron chi connectivity index (χ1n) is 10.5. The number of Topliss-reactive ketones (excluding diaryl/α,β-unsaturated/α-hetero) is 1. The number of hydrogen-bond donors (Lipinski definition) is 2. The largest absolute Gasteiger partial charge is 0.486 e. The summed E-state index contributed by atoms with van der Waals surface area (Å²) in [6.07, 6.45) is 1.80. The van der Waals surface area contributed by atoms with Gasteiger partial charge in [0.05, 0.1) is 6.04 Å². The summed E-state index contributed by atoms with van der Waals surface area (Å²) in [4.78, 5) is 16.9. The molecule has 5 rings (SSSR count). The summed E-state index contributed by atoms with van der Waals surface area (Å²) >= 11 is 0. The number of rotatable bonds is 6. The van der Waals surface area contributed by atoms with E-state index in [1.807, 2.05) is 72.8 Å². The minimum absolute atomic E-state index is 0.0352. The molecule has 5 nitrogen and oxygen atoms in total. The van der Waals surface area contributed by atoms with Crippen molar-refractivity contribution in [2.24, 2.45) is 0 Å². The first-order chi connectivity index (χ1) is 15.2. The van der Waals surface area contributed by atoms with Crippen LogP contribution < -0.4 is 14.8 Å². The van der Waals surface area contributed by atoms with Crippen LogP contribution >= 0.6 is 0 Å². The van der Waals surface area contributed by atoms with Gasteiger partial charge in [0.2, 0.25) is 0 Å². The highest BCUT2D eigenvalue weighted by Gasteiger charge is 2.26. The SMILES string of the molecule is C[C@H](N[C@@H](C(=O)c1c[nH]c2ccccc12)c1ccccc1)c1ccc2c(c1)OCCO2. The van der Waals surface area contributed by atoms with Gasteiger partial charge in [0.1, 0.15) is 13.2 Å². The Morgan fingerprint density at radius 1 is 0.903 bits per heavy atom. The zero-order valence-corrected chi connectivity index (χ0v) is 17.3. The Kier molecular flexibility index (Phi) is 5.18. The fraction of sp³-hybridized carbons (Fsp3) is 0.192. The molecule has 0 spiro atoms. The van der Waals surface area contributed by atoms with E-state index in [2.05, 4.69) is 17.2 Å². The summed E-state index contributed by atoms with van der Waals surface area (Å²) in [5.74, 6) is 1.54. The summed E-state index contributed by atoms with van der Waals surface area (Å²) in [6.45, 7) is 3.17. The summed E-state index contributed by atoms with van der Waals surface area (Å²) < 4.78 is 11.4. The fourth-order valence-electron chi connectivity index (χ4n) is 4.08. The van der Waals surface area contributed by atoms with Crippen LogP contribution in [0.5, 0.6) is 11.5 Å². The third-order valence-corrected chi connectivity index (χ3v) is 5.73. The van der Waals surface area contributed by atoms with Gasteiger partial charge in [-0.1, -0.05) is 54.6 Å². The van der Waals surface area contributed by atoms with Gasteiger partial charge in [-0.15, -0.1) is 0 Å². The molecule has 3 aromatic carbocycles. The molecule has 0 bridgehead atoms. The molecular weight excluding hydrogens is 388 g/mol. The van der Waals surface area contributed by atoms with Gasteiger partial charge in [-0.05, 0) is 36.2 Å². The average molecular weight is 412 g/mol. The Morgan fingerprint density at radius 3 is 2.48 bits per heavy atom. The lowest BCUT2D eigenvalue weighted by Crippen LogP contribution is -2.31. The maximum atomic E-state index is 13.7. The summed E-state index contributed by atoms with van der Waals surface area (Å²) in [6, 6.07) is 23.1. The fourth-order valence-corrected chi connectivity index (χ4v) is 4.08. The van der Waals surface area contributed by atoms with Crippen LogP contribution in [0.1, 0.15) is 40.5 Å². The zero-order chi connectivity index (χ0) is 21.2. The minimum Gasteiger partial charge on any atom is -0.486 e. The number of nitrogens with one attached hydrogen (secondary N) is 2. The molecule has 5 heteroatoms. The van der Waals surface area contributed by atoms with E-state index in [1.54, 1.807) is 6.20 Å². The average Bonchev–Trinajstić information content (AvgIpc) is 3.26. The molecule has 0 unspecified atom stereocenters. The van der Waals surface area contributed by atoms with Crippen LogP contribution in [0.3, 0.4) is 0 Å². The standard InChI is InChI=1S/C26H24N2O3/c1-17(19-11-12-23-24(15-19)31-14-13-30-23)28-25(18-7-3-2-4-8-18)26(29)21-16-27-22-10-6-5-9-20(21)22/h2-12,15-17,25,27-28H,13-14H2,1H3/t17-,25+/m0/s1. The lowest BCUT2D eigenvalue weighted by atomic mass is 9.95. The van der Waals surface area contributed by atoms with Gasteiger partial charge in [0.25, 0.3) is 0 Å². The first-order valence-corrected chi connectivity index (χ1v) is 10.5. The van der Waals surface area contributed by atoms with Crippen LogP contribution in [0.15, 0.2) is 79.0 Å². The predicted octanol–water partition coefficient (Wildman–Crippen LogP) is 5.21. The number of benzene rings is 3. The molecule has 2 atom stereocenters. The lowest BCUT2D eigenvalue weighted by Gasteiger charge is -2.25. The van der Waals surface area contributed by atoms with Crippen molar-refractivity contribution in [3.8, 4) is 11.5 Å². The number of aromatic nitrogens is 1. The summed E-state index contributed by atoms with van der Waals surface area (Å²) in [5, 5.41) is 4.48. The second-order valence-electron chi connectivity index (χ2n) is 7.75. The Labute approximate surface area is 181 Å². The minimum atomic E-state index is -0.483. The van der Waals surface area contributed by atoms with Crippen molar-refractivity contribution in [3.05, 3.63) is 95.7 Å². The number of aromatic amines is 1. The number of carbonyl (C=O) groups is 1. The highest BCUT2D eigenvalue weighted by Crippen LogP contribution is 2.34. The first kappa shape index (κ1) is 19.4. The molecule has 2 heterocycles. The zero-order valence-electron chi connectivity index (χ0n) is 17.3. The van der Waals surface area contributed by atoms with Gasteiger partial charge in [-0.3, -0.25) is 10.1 Å². The molecular formula is C26H24N2O3. The van der Waals surface area contributed by atoms with Crippen molar-refractivity contribution in [2.45, 2.75) is 19.0 Å². The van der Waals surface area contributed by atoms with Crippen molar-refractivity contribution >= 4 is 16.7 Å². The van der Waals surface area contributed by atoms with E-state index in [0.29, 0.717) is 18.8 Å². The Balaban J connectivity index is 1.48. The topological polar surface area (TPSA) is 63.4 Å². The number of hydrogen-bond acceptors (Lipinski definition) is 4. The van der Waals surface area contributed by atoms with Crippen molar-refractivity contribution in [2.75, 3.05) is 13.2 Å². The van der Waals surface area contributed by atoms with E-state index in [9.17, 15) is 4.79 Å². The Hall–Kier alpha value is -3.57. The second-order valence-corrected chi connectivity index (χ2v) is 7.75. The molecule has 0 fully saturated rings. The highest BCUT2D eigenvalue weighted by atomic mass is 16.6. The highest BCUT2D eigenvalue weighted by molar-refractivity contribution is 6.10. The molecule has 1 aromatic heterocycles. The van der Waals surface area contributed by atoms with Gasteiger partial charge < -0.3 is 14.5 Å². The van der Waals surface area contributed by atoms with Crippen LogP contribution in [-0.2, 0) is 0 Å². The van der Waals surface area contributed by atoms with E-state index in [1.165, 1.54) is 0 Å². The molecule has 2 N–H and O–H groups in total. The van der Waals surface area contributed by atoms with Gasteiger partial charge in [-0.2, -0.15) is 0 Å². The van der Waals surface area contributed by atoms with E-state index in [0.717, 1.165) is 33.5 Å². The van der Waals surface area contributed by atoms with Crippen LogP contribution in [0.25, 0.3) is 10.9 Å². The van der Waals surface area contributed by atoms with Crippen molar-refractivity contribution in [1.29, 1.82) is 0 Å². The third kappa shape index (κ3) is 3.80. The maximum Gasteiger partial charge on any atom is 0.186 e. The number of carbonyl (C=O) groups excluding carboxylic acids is 1. The lowest BCUT2D eigenvalue weighted by molar-refractivity contribution is 0.0938. The number of ketones is 1. The van der Waals surface area contributed by atoms with Crippen LogP contribution in [0.4, 0.5) is 0 Å². The molecule has 0 saturated heterocycles. The summed E-state index contributed by atoms with van der Waals surface area (Å²) in [7, 11) is 0. The number of fused-ring (bicyclic) bond motifs is 2. The smallest absolute Gasteiger partial charge is 0.186 e. The number of H-pyrrole nitrogens is 1. The van der Waals surface area contributed by atoms with Gasteiger partial charge in [0.15, 0.2) is 17.3 Å². The predicted molar refractivity (Wildman–Crippen MR) is 121 cm³/mol. The molecule has 0 saturated carbocycles. The normalized spacial score (nSPS) is 14.9. The van der Waals surface area contributed by atoms with Gasteiger partial charge >= 0.3 is 0 Å². The second kappa shape index (κ2) is 8.28. The molecule has 4 aromatic rings. The molecule has 1 aliphatic heterocycles. The molecule has 0 amide bonds. The van der Waals surface area contributed by atoms with E-state index in [-0.39, 0.29) is 11.8 Å². The van der Waals surface area contributed by atoms with E-state index in [4.69, 9.17) is 9.47 Å². The molecule has 0 aliphatic carbocycles. The number of ether oxygens (including phenoxy) is 2. The van der Waals surface area contributed by atoms with Gasteiger partial charge in [-0.25, -0.2) is 0 Å². The Bertz CT molecular complexity index is 1220. The Morgan fingerprint density at radius 2 is 1.65 bits per heavy atom. The molecule has 0 radical (unpaired) electrons. The maximum absolute atomic E-state index is 13.7. The number of para-hydroxylation sites is 1. The molecule has 1 aliphatic rings. The van der Waals surface area contributed by atoms with Crippen molar-refractivity contribution < 1.29 is 14.3 Å². The monoisotopic (exact) mass is 412 g/mol. The van der Waals surface area contributed by atoms with Crippen molar-refractivity contribution in [1.82, 2.24) is 10.3 Å². The van der Waals surface area contributed by atoms with Crippen LogP contribution in [-0.4, -0.2) is 24.0 Å². The van der Waals surface area contributed by atoms with Crippen LogP contribution in [0, 0.1) is 0 Å².